The Bertz CT molecular complexity index is 777. The molecule has 0 aliphatic carbocycles. The Kier molecular flexibility index (Phi) is 10.6. The van der Waals surface area contributed by atoms with Crippen molar-refractivity contribution in [1.82, 2.24) is 10.3 Å². The minimum Gasteiger partial charge on any atom is -0.493 e. The number of nitrogens with one attached hydrogen (secondary N) is 2. The first-order chi connectivity index (χ1) is 11.9. The molecule has 2 aromatic rings. The van der Waals surface area contributed by atoms with E-state index in [4.69, 9.17) is 20.9 Å². The molecule has 0 aliphatic heterocycles. The third kappa shape index (κ3) is 6.82. The predicted octanol–water partition coefficient (Wildman–Crippen LogP) is 2.20. The maximum Gasteiger partial charge on any atom is 0.296 e. The first-order valence-corrected chi connectivity index (χ1v) is 8.17. The summed E-state index contributed by atoms with van der Waals surface area (Å²) in [5.74, 6) is 0.865. The second-order valence-corrected chi connectivity index (χ2v) is 5.78. The normalized spacial score (nSPS) is 10.9. The van der Waals surface area contributed by atoms with Gasteiger partial charge in [-0.2, -0.15) is 4.99 Å². The van der Waals surface area contributed by atoms with Gasteiger partial charge in [-0.15, -0.1) is 24.8 Å². The molecule has 0 unspecified atom stereocenters. The quantitative estimate of drug-likeness (QED) is 0.309. The number of aromatic nitrogens is 1. The van der Waals surface area contributed by atoms with Crippen molar-refractivity contribution >= 4 is 47.6 Å². The van der Waals surface area contributed by atoms with E-state index in [0.717, 1.165) is 17.3 Å². The lowest BCUT2D eigenvalue weighted by atomic mass is 10.2. The lowest BCUT2D eigenvalue weighted by molar-refractivity contribution is 0.0998. The molecule has 1 aromatic carbocycles. The summed E-state index contributed by atoms with van der Waals surface area (Å²) in [5.41, 5.74) is 12.1. The van der Waals surface area contributed by atoms with Gasteiger partial charge in [0, 0.05) is 24.6 Å². The topological polar surface area (TPSA) is 128 Å². The molecule has 0 bridgehead atoms. The van der Waals surface area contributed by atoms with Crippen molar-refractivity contribution in [3.8, 4) is 11.5 Å². The van der Waals surface area contributed by atoms with E-state index in [9.17, 15) is 4.79 Å². The number of halogens is 2. The fourth-order valence-corrected chi connectivity index (χ4v) is 2.23. The largest absolute Gasteiger partial charge is 0.493 e. The number of hydrogen-bond acceptors (Lipinski definition) is 4. The summed E-state index contributed by atoms with van der Waals surface area (Å²) in [5, 5.41) is 3.39. The predicted molar refractivity (Wildman–Crippen MR) is 113 cm³/mol. The van der Waals surface area contributed by atoms with Gasteiger partial charge in [-0.1, -0.05) is 0 Å². The van der Waals surface area contributed by atoms with E-state index in [1.807, 2.05) is 26.0 Å². The van der Waals surface area contributed by atoms with Gasteiger partial charge in [-0.3, -0.25) is 4.79 Å². The Balaban J connectivity index is 0.00000338. The number of benzene rings is 1. The van der Waals surface area contributed by atoms with Gasteiger partial charge >= 0.3 is 0 Å². The molecular weight excluding hydrogens is 393 g/mol. The number of H-pyrrole nitrogens is 1. The van der Waals surface area contributed by atoms with Crippen LogP contribution in [0.4, 0.5) is 0 Å². The molecule has 0 radical (unpaired) electrons. The van der Waals surface area contributed by atoms with Gasteiger partial charge in [0.25, 0.3) is 5.91 Å². The average molecular weight is 420 g/mol. The molecule has 8 nitrogen and oxygen atoms in total. The van der Waals surface area contributed by atoms with Crippen LogP contribution in [-0.4, -0.2) is 43.2 Å². The highest BCUT2D eigenvalue weighted by atomic mass is 35.5. The lowest BCUT2D eigenvalue weighted by Gasteiger charge is -2.13. The molecule has 1 aromatic heterocycles. The summed E-state index contributed by atoms with van der Waals surface area (Å²) in [6, 6.07) is 5.33. The van der Waals surface area contributed by atoms with Crippen LogP contribution in [0.25, 0.3) is 10.9 Å². The third-order valence-corrected chi connectivity index (χ3v) is 3.36. The number of aliphatic imine (C=N–C) groups is 1. The summed E-state index contributed by atoms with van der Waals surface area (Å²) in [6.45, 7) is 4.94. The maximum atomic E-state index is 12.2. The molecule has 0 aliphatic rings. The fraction of sp³-hybridized carbons (Fsp3) is 0.412. The maximum absolute atomic E-state index is 12.2. The average Bonchev–Trinajstić information content (AvgIpc) is 2.99. The molecule has 1 heterocycles. The van der Waals surface area contributed by atoms with E-state index in [1.165, 1.54) is 0 Å². The number of aromatic amines is 1. The van der Waals surface area contributed by atoms with Gasteiger partial charge in [0.05, 0.1) is 18.2 Å². The molecule has 10 heteroatoms. The van der Waals surface area contributed by atoms with Crippen LogP contribution in [0.2, 0.25) is 0 Å². The number of rotatable bonds is 7. The number of ether oxygens (including phenoxy) is 2. The van der Waals surface area contributed by atoms with Crippen LogP contribution in [-0.2, 0) is 0 Å². The van der Waals surface area contributed by atoms with Crippen LogP contribution in [0, 0.1) is 0 Å². The molecular formula is C17H27Cl2N5O3. The SMILES string of the molecule is CNC(N)=NC(=O)c1cc2c(OC(C)C)cc(OCCCN)cc2[nH]1.Cl.Cl. The van der Waals surface area contributed by atoms with Crippen LogP contribution < -0.4 is 26.3 Å². The van der Waals surface area contributed by atoms with Gasteiger partial charge in [-0.25, -0.2) is 0 Å². The fourth-order valence-electron chi connectivity index (χ4n) is 2.23. The van der Waals surface area contributed by atoms with Crippen LogP contribution in [0.3, 0.4) is 0 Å². The van der Waals surface area contributed by atoms with E-state index in [0.29, 0.717) is 30.3 Å². The Hall–Kier alpha value is -2.16. The highest BCUT2D eigenvalue weighted by molar-refractivity contribution is 6.04. The molecule has 0 spiro atoms. The molecule has 6 N–H and O–H groups in total. The molecule has 27 heavy (non-hydrogen) atoms. The van der Waals surface area contributed by atoms with Gasteiger partial charge in [0.2, 0.25) is 0 Å². The number of nitrogens with zero attached hydrogens (tertiary/aromatic N) is 1. The highest BCUT2D eigenvalue weighted by Crippen LogP contribution is 2.33. The molecule has 0 saturated carbocycles. The number of guanidine groups is 1. The molecule has 152 valence electrons. The third-order valence-electron chi connectivity index (χ3n) is 3.36. The Morgan fingerprint density at radius 2 is 2.00 bits per heavy atom. The summed E-state index contributed by atoms with van der Waals surface area (Å²) >= 11 is 0. The number of hydrogen-bond donors (Lipinski definition) is 4. The van der Waals surface area contributed by atoms with E-state index >= 15 is 0 Å². The van der Waals surface area contributed by atoms with Gasteiger partial charge in [0.15, 0.2) is 5.96 Å². The number of carbonyl (C=O) groups excluding carboxylic acids is 1. The molecule has 1 amide bonds. The minimum absolute atomic E-state index is 0. The van der Waals surface area contributed by atoms with Gasteiger partial charge < -0.3 is 31.2 Å². The standard InChI is InChI=1S/C17H25N5O3.2ClH/c1-10(2)25-15-8-11(24-6-4-5-18)7-13-12(15)9-14(21-13)16(23)22-17(19)20-3;;/h7-10,21H,4-6,18H2,1-3H3,(H3,19,20,22,23);2*1H. The number of amides is 1. The molecule has 0 fully saturated rings. The smallest absolute Gasteiger partial charge is 0.296 e. The summed E-state index contributed by atoms with van der Waals surface area (Å²) in [6.07, 6.45) is 0.736. The second kappa shape index (κ2) is 11.5. The van der Waals surface area contributed by atoms with E-state index in [2.05, 4.69) is 15.3 Å². The molecule has 0 atom stereocenters. The van der Waals surface area contributed by atoms with Gasteiger partial charge in [0.1, 0.15) is 17.2 Å². The minimum atomic E-state index is -0.468. The Morgan fingerprint density at radius 1 is 1.30 bits per heavy atom. The van der Waals surface area contributed by atoms with E-state index < -0.39 is 5.91 Å². The summed E-state index contributed by atoms with van der Waals surface area (Å²) in [7, 11) is 1.59. The Labute approximate surface area is 170 Å². The zero-order valence-electron chi connectivity index (χ0n) is 15.6. The van der Waals surface area contributed by atoms with Crippen molar-refractivity contribution < 1.29 is 14.3 Å². The first-order valence-electron chi connectivity index (χ1n) is 8.17. The molecule has 0 saturated heterocycles. The number of carbonyl (C=O) groups is 1. The van der Waals surface area contributed by atoms with Crippen LogP contribution >= 0.6 is 24.8 Å². The van der Waals surface area contributed by atoms with Crippen molar-refractivity contribution in [2.45, 2.75) is 26.4 Å². The summed E-state index contributed by atoms with van der Waals surface area (Å²) < 4.78 is 11.6. The van der Waals surface area contributed by atoms with Crippen molar-refractivity contribution in [1.29, 1.82) is 0 Å². The van der Waals surface area contributed by atoms with Crippen LogP contribution in [0.15, 0.2) is 23.2 Å². The molecule has 2 rings (SSSR count). The monoisotopic (exact) mass is 419 g/mol. The lowest BCUT2D eigenvalue weighted by Crippen LogP contribution is -2.28. The number of nitrogens with two attached hydrogens (primary N) is 2. The van der Waals surface area contributed by atoms with Crippen molar-refractivity contribution in [2.24, 2.45) is 16.5 Å². The second-order valence-electron chi connectivity index (χ2n) is 5.78. The van der Waals surface area contributed by atoms with Crippen LogP contribution in [0.1, 0.15) is 30.8 Å². The van der Waals surface area contributed by atoms with E-state index in [1.54, 1.807) is 13.1 Å². The highest BCUT2D eigenvalue weighted by Gasteiger charge is 2.15. The zero-order chi connectivity index (χ0) is 18.4. The zero-order valence-corrected chi connectivity index (χ0v) is 17.2. The number of fused-ring (bicyclic) bond motifs is 1. The van der Waals surface area contributed by atoms with Crippen molar-refractivity contribution in [3.63, 3.8) is 0 Å². The van der Waals surface area contributed by atoms with E-state index in [-0.39, 0.29) is 36.9 Å². The summed E-state index contributed by atoms with van der Waals surface area (Å²) in [4.78, 5) is 19.0. The van der Waals surface area contributed by atoms with Crippen molar-refractivity contribution in [3.05, 3.63) is 23.9 Å². The Morgan fingerprint density at radius 3 is 2.59 bits per heavy atom. The van der Waals surface area contributed by atoms with Gasteiger partial charge in [-0.05, 0) is 32.9 Å². The van der Waals surface area contributed by atoms with Crippen LogP contribution in [0.5, 0.6) is 11.5 Å². The van der Waals surface area contributed by atoms with Crippen molar-refractivity contribution in [2.75, 3.05) is 20.2 Å². The first kappa shape index (κ1) is 24.8.